The summed E-state index contributed by atoms with van der Waals surface area (Å²) in [5.41, 5.74) is 0.349. The van der Waals surface area contributed by atoms with Crippen molar-refractivity contribution >= 4 is 33.7 Å². The quantitative estimate of drug-likeness (QED) is 0.833. The minimum Gasteiger partial charge on any atom is -0.478 e. The van der Waals surface area contributed by atoms with Crippen molar-refractivity contribution in [3.8, 4) is 0 Å². The molecule has 0 saturated heterocycles. The average molecular weight is 343 g/mol. The third-order valence-electron chi connectivity index (χ3n) is 3.61. The Morgan fingerprint density at radius 3 is 2.47 bits per heavy atom. The summed E-state index contributed by atoms with van der Waals surface area (Å²) >= 11 is 5.11. The zero-order valence-electron chi connectivity index (χ0n) is 11.2. The fourth-order valence-corrected chi connectivity index (χ4v) is 4.89. The summed E-state index contributed by atoms with van der Waals surface area (Å²) in [7, 11) is 0. The maximum absolute atomic E-state index is 11.1. The van der Waals surface area contributed by atoms with E-state index in [1.54, 1.807) is 6.07 Å². The lowest BCUT2D eigenvalue weighted by molar-refractivity contribution is 0.0695. The van der Waals surface area contributed by atoms with Gasteiger partial charge in [0.05, 0.1) is 5.56 Å². The van der Waals surface area contributed by atoms with Gasteiger partial charge in [0.15, 0.2) is 0 Å². The third-order valence-corrected chi connectivity index (χ3v) is 5.54. The molecule has 1 fully saturated rings. The number of rotatable bonds is 3. The first-order chi connectivity index (χ1) is 8.95. The Morgan fingerprint density at radius 2 is 1.89 bits per heavy atom. The van der Waals surface area contributed by atoms with Crippen molar-refractivity contribution in [2.24, 2.45) is 11.8 Å². The van der Waals surface area contributed by atoms with Crippen LogP contribution in [-0.4, -0.2) is 16.3 Å². The minimum atomic E-state index is -0.875. The number of aromatic carboxylic acids is 1. The van der Waals surface area contributed by atoms with Crippen molar-refractivity contribution in [2.75, 3.05) is 0 Å². The number of hydrogen-bond acceptors (Lipinski definition) is 2. The Hall–Kier alpha value is -0.480. The van der Waals surface area contributed by atoms with Crippen LogP contribution in [0.25, 0.3) is 0 Å². The van der Waals surface area contributed by atoms with Crippen LogP contribution in [0.15, 0.2) is 27.6 Å². The maximum atomic E-state index is 11.1. The number of benzene rings is 1. The highest BCUT2D eigenvalue weighted by molar-refractivity contribution is 9.10. The summed E-state index contributed by atoms with van der Waals surface area (Å²) in [6.07, 6.45) is 3.78. The van der Waals surface area contributed by atoms with Crippen molar-refractivity contribution in [3.63, 3.8) is 0 Å². The molecule has 0 spiro atoms. The molecule has 104 valence electrons. The number of carbonyl (C=O) groups is 1. The Balaban J connectivity index is 2.10. The number of thioether (sulfide) groups is 1. The largest absolute Gasteiger partial charge is 0.478 e. The summed E-state index contributed by atoms with van der Waals surface area (Å²) in [6.45, 7) is 4.63. The number of carboxylic acid groups (broad SMARTS) is 1. The van der Waals surface area contributed by atoms with Gasteiger partial charge in [0.25, 0.3) is 0 Å². The highest BCUT2D eigenvalue weighted by Crippen LogP contribution is 2.39. The molecule has 0 heterocycles. The summed E-state index contributed by atoms with van der Waals surface area (Å²) in [5.74, 6) is 0.672. The molecule has 1 aromatic rings. The van der Waals surface area contributed by atoms with Crippen LogP contribution in [0.2, 0.25) is 0 Å². The van der Waals surface area contributed by atoms with E-state index in [-0.39, 0.29) is 0 Å². The van der Waals surface area contributed by atoms with Crippen molar-refractivity contribution < 1.29 is 9.90 Å². The summed E-state index contributed by atoms with van der Waals surface area (Å²) in [6, 6.07) is 5.62. The van der Waals surface area contributed by atoms with E-state index >= 15 is 0 Å². The van der Waals surface area contributed by atoms with Gasteiger partial charge in [-0.3, -0.25) is 0 Å². The molecule has 2 rings (SSSR count). The van der Waals surface area contributed by atoms with Crippen molar-refractivity contribution in [2.45, 2.75) is 43.3 Å². The van der Waals surface area contributed by atoms with Crippen molar-refractivity contribution in [1.29, 1.82) is 0 Å². The smallest absolute Gasteiger partial charge is 0.336 e. The van der Waals surface area contributed by atoms with E-state index in [9.17, 15) is 4.79 Å². The summed E-state index contributed by atoms with van der Waals surface area (Å²) < 4.78 is 0.648. The van der Waals surface area contributed by atoms with Crippen LogP contribution in [0.5, 0.6) is 0 Å². The van der Waals surface area contributed by atoms with Gasteiger partial charge in [-0.2, -0.15) is 0 Å². The van der Waals surface area contributed by atoms with Gasteiger partial charge in [0, 0.05) is 14.6 Å². The molecule has 2 nitrogen and oxygen atoms in total. The highest BCUT2D eigenvalue weighted by Gasteiger charge is 2.24. The van der Waals surface area contributed by atoms with Crippen LogP contribution in [0.3, 0.4) is 0 Å². The number of hydrogen-bond donors (Lipinski definition) is 1. The van der Waals surface area contributed by atoms with Gasteiger partial charge in [-0.25, -0.2) is 4.79 Å². The first kappa shape index (κ1) is 14.9. The highest BCUT2D eigenvalue weighted by atomic mass is 79.9. The average Bonchev–Trinajstić information content (AvgIpc) is 2.30. The van der Waals surface area contributed by atoms with Crippen LogP contribution in [-0.2, 0) is 0 Å². The Kier molecular flexibility index (Phi) is 4.96. The van der Waals surface area contributed by atoms with Gasteiger partial charge in [-0.1, -0.05) is 13.8 Å². The molecule has 2 atom stereocenters. The fourth-order valence-electron chi connectivity index (χ4n) is 2.90. The Bertz CT molecular complexity index is 465. The predicted octanol–water partition coefficient (Wildman–Crippen LogP) is 5.06. The minimum absolute atomic E-state index is 0.349. The van der Waals surface area contributed by atoms with E-state index in [0.717, 1.165) is 16.7 Å². The molecule has 1 aliphatic rings. The summed E-state index contributed by atoms with van der Waals surface area (Å²) in [4.78, 5) is 12.2. The molecule has 1 N–H and O–H groups in total. The molecule has 2 unspecified atom stereocenters. The SMILES string of the molecule is CC1CC(C)CC(Sc2ccc(Br)c(C(=O)O)c2)C1. The second kappa shape index (κ2) is 6.31. The molecule has 0 amide bonds. The van der Waals surface area contributed by atoms with Crippen LogP contribution in [0.4, 0.5) is 0 Å². The van der Waals surface area contributed by atoms with E-state index in [1.807, 2.05) is 23.9 Å². The predicted molar refractivity (Wildman–Crippen MR) is 82.9 cm³/mol. The topological polar surface area (TPSA) is 37.3 Å². The second-order valence-corrected chi connectivity index (χ2v) is 7.83. The van der Waals surface area contributed by atoms with Crippen LogP contribution in [0, 0.1) is 11.8 Å². The van der Waals surface area contributed by atoms with Crippen LogP contribution < -0.4 is 0 Å². The summed E-state index contributed by atoms with van der Waals surface area (Å²) in [5, 5.41) is 9.75. The monoisotopic (exact) mass is 342 g/mol. The van der Waals surface area contributed by atoms with Gasteiger partial charge in [0.2, 0.25) is 0 Å². The molecule has 0 radical (unpaired) electrons. The van der Waals surface area contributed by atoms with E-state index in [4.69, 9.17) is 5.11 Å². The normalized spacial score (nSPS) is 27.2. The lowest BCUT2D eigenvalue weighted by Crippen LogP contribution is -2.21. The Labute approximate surface area is 127 Å². The lowest BCUT2D eigenvalue weighted by atomic mass is 9.83. The van der Waals surface area contributed by atoms with Gasteiger partial charge < -0.3 is 5.11 Å². The molecule has 19 heavy (non-hydrogen) atoms. The molecular formula is C15H19BrO2S. The van der Waals surface area contributed by atoms with E-state index in [0.29, 0.717) is 15.3 Å². The molecule has 0 aliphatic heterocycles. The molecule has 4 heteroatoms. The van der Waals surface area contributed by atoms with Crippen LogP contribution in [0.1, 0.15) is 43.5 Å². The van der Waals surface area contributed by atoms with Gasteiger partial charge in [0.1, 0.15) is 0 Å². The van der Waals surface area contributed by atoms with Crippen LogP contribution >= 0.6 is 27.7 Å². The first-order valence-corrected chi connectivity index (χ1v) is 8.32. The molecule has 1 aliphatic carbocycles. The number of halogens is 1. The van der Waals surface area contributed by atoms with Crippen molar-refractivity contribution in [3.05, 3.63) is 28.2 Å². The van der Waals surface area contributed by atoms with E-state index in [2.05, 4.69) is 29.8 Å². The van der Waals surface area contributed by atoms with E-state index in [1.165, 1.54) is 19.3 Å². The lowest BCUT2D eigenvalue weighted by Gasteiger charge is -2.31. The molecular weight excluding hydrogens is 324 g/mol. The molecule has 0 aromatic heterocycles. The van der Waals surface area contributed by atoms with Gasteiger partial charge in [-0.05, 0) is 65.2 Å². The first-order valence-electron chi connectivity index (χ1n) is 6.65. The molecule has 1 saturated carbocycles. The Morgan fingerprint density at radius 1 is 1.26 bits per heavy atom. The van der Waals surface area contributed by atoms with Gasteiger partial charge >= 0.3 is 5.97 Å². The standard InChI is InChI=1S/C15H19BrO2S/c1-9-5-10(2)7-12(6-9)19-11-3-4-14(16)13(8-11)15(17)18/h3-4,8-10,12H,5-7H2,1-2H3,(H,17,18). The molecule has 1 aromatic carbocycles. The number of carboxylic acids is 1. The zero-order chi connectivity index (χ0) is 14.0. The molecule has 0 bridgehead atoms. The van der Waals surface area contributed by atoms with Crippen molar-refractivity contribution in [1.82, 2.24) is 0 Å². The third kappa shape index (κ3) is 3.99. The fraction of sp³-hybridized carbons (Fsp3) is 0.533. The maximum Gasteiger partial charge on any atom is 0.336 e. The second-order valence-electron chi connectivity index (χ2n) is 5.60. The van der Waals surface area contributed by atoms with Gasteiger partial charge in [-0.15, -0.1) is 11.8 Å². The van der Waals surface area contributed by atoms with E-state index < -0.39 is 5.97 Å². The zero-order valence-corrected chi connectivity index (χ0v) is 13.6.